The molecule has 2 aliphatic rings. The van der Waals surface area contributed by atoms with Gasteiger partial charge in [0, 0.05) is 50.2 Å². The van der Waals surface area contributed by atoms with Crippen molar-refractivity contribution in [2.75, 3.05) is 32.7 Å². The van der Waals surface area contributed by atoms with E-state index < -0.39 is 29.6 Å². The van der Waals surface area contributed by atoms with E-state index in [0.29, 0.717) is 45.6 Å². The summed E-state index contributed by atoms with van der Waals surface area (Å²) in [4.78, 5) is 70.0. The molecule has 61 heavy (non-hydrogen) atoms. The molecule has 324 valence electrons. The van der Waals surface area contributed by atoms with Crippen molar-refractivity contribution in [1.82, 2.24) is 45.7 Å². The summed E-state index contributed by atoms with van der Waals surface area (Å²) in [5.41, 5.74) is 7.88. The minimum absolute atomic E-state index is 0.121. The van der Waals surface area contributed by atoms with Gasteiger partial charge in [0.05, 0.1) is 36.6 Å². The van der Waals surface area contributed by atoms with Crippen LogP contribution in [0.4, 0.5) is 9.59 Å². The molecule has 6 rings (SSSR count). The second-order valence-electron chi connectivity index (χ2n) is 17.3. The molecule has 14 heteroatoms. The summed E-state index contributed by atoms with van der Waals surface area (Å²) >= 11 is 0. The van der Waals surface area contributed by atoms with Gasteiger partial charge >= 0.3 is 12.1 Å². The van der Waals surface area contributed by atoms with Gasteiger partial charge in [0.25, 0.3) is 5.91 Å². The Labute approximate surface area is 359 Å². The van der Waals surface area contributed by atoms with Crippen LogP contribution in [0.25, 0.3) is 11.3 Å². The third-order valence-corrected chi connectivity index (χ3v) is 11.6. The predicted octanol–water partition coefficient (Wildman–Crippen LogP) is 5.17. The number of aryl methyl sites for hydroxylation is 1. The summed E-state index contributed by atoms with van der Waals surface area (Å²) in [6.45, 7) is 13.6. The van der Waals surface area contributed by atoms with Crippen molar-refractivity contribution in [3.63, 3.8) is 0 Å². The second-order valence-corrected chi connectivity index (χ2v) is 17.3. The number of benzene rings is 2. The van der Waals surface area contributed by atoms with Crippen LogP contribution < -0.4 is 16.1 Å². The van der Waals surface area contributed by atoms with Crippen molar-refractivity contribution in [3.05, 3.63) is 120 Å². The number of aliphatic hydroxyl groups excluding tert-OH is 1. The molecule has 0 spiro atoms. The highest BCUT2D eigenvalue weighted by Gasteiger charge is 2.44. The molecule has 4 N–H and O–H groups in total. The summed E-state index contributed by atoms with van der Waals surface area (Å²) in [6.07, 6.45) is 1.54. The standard InChI is InChI=1S/C47H61N9O5/c1-7-32(2)41(54-27-26-53(46(54)61)31-37-17-13-14-33(3)51-37)43(58)50-29-40(57)39(28-34-15-9-8-10-16-34)52-56(44(59)42(47(4,5)6)55-25-24-49-45(55)60)30-35-19-21-36(22-20-35)38-18-11-12-23-48-38/h8-23,32,39-42,52,57H,7,24-31H2,1-6H3,(H,49,60)(H,50,58). The van der Waals surface area contributed by atoms with Crippen molar-refractivity contribution in [2.24, 2.45) is 11.3 Å². The molecule has 5 atom stereocenters. The molecule has 2 aliphatic heterocycles. The number of carbonyl (C=O) groups excluding carboxylic acids is 4. The molecule has 14 nitrogen and oxygen atoms in total. The lowest BCUT2D eigenvalue weighted by molar-refractivity contribution is -0.145. The smallest absolute Gasteiger partial charge is 0.321 e. The lowest BCUT2D eigenvalue weighted by Gasteiger charge is -2.41. The van der Waals surface area contributed by atoms with Gasteiger partial charge in [-0.15, -0.1) is 0 Å². The Hall–Kier alpha value is -5.86. The van der Waals surface area contributed by atoms with Gasteiger partial charge in [-0.25, -0.2) is 15.0 Å². The molecule has 6 amide bonds. The number of rotatable bonds is 18. The molecule has 5 unspecified atom stereocenters. The predicted molar refractivity (Wildman–Crippen MR) is 234 cm³/mol. The maximum Gasteiger partial charge on any atom is 0.321 e. The maximum absolute atomic E-state index is 15.0. The third-order valence-electron chi connectivity index (χ3n) is 11.6. The first-order valence-corrected chi connectivity index (χ1v) is 21.3. The number of aliphatic hydroxyl groups is 1. The van der Waals surface area contributed by atoms with Gasteiger partial charge in [0.1, 0.15) is 12.1 Å². The number of nitrogens with zero attached hydrogens (tertiary/aromatic N) is 6. The molecule has 2 fully saturated rings. The van der Waals surface area contributed by atoms with E-state index in [9.17, 15) is 24.3 Å². The van der Waals surface area contributed by atoms with Crippen molar-refractivity contribution in [1.29, 1.82) is 0 Å². The molecule has 4 aromatic rings. The molecule has 0 saturated carbocycles. The minimum Gasteiger partial charge on any atom is -0.390 e. The van der Waals surface area contributed by atoms with Crippen LogP contribution in [0, 0.1) is 18.3 Å². The molecular formula is C47H61N9O5. The fourth-order valence-electron chi connectivity index (χ4n) is 8.14. The minimum atomic E-state index is -1.18. The van der Waals surface area contributed by atoms with E-state index >= 15 is 0 Å². The lowest BCUT2D eigenvalue weighted by atomic mass is 9.85. The van der Waals surface area contributed by atoms with Crippen molar-refractivity contribution in [2.45, 2.75) is 91.7 Å². The number of pyridine rings is 2. The quantitative estimate of drug-likeness (QED) is 0.1000. The Morgan fingerprint density at radius 3 is 2.28 bits per heavy atom. The van der Waals surface area contributed by atoms with Gasteiger partial charge in [0.2, 0.25) is 5.91 Å². The Kier molecular flexibility index (Phi) is 14.7. The molecule has 2 aromatic heterocycles. The molecular weight excluding hydrogens is 771 g/mol. The van der Waals surface area contributed by atoms with E-state index in [1.807, 2.05) is 133 Å². The zero-order valence-electron chi connectivity index (χ0n) is 36.3. The number of hydrogen-bond acceptors (Lipinski definition) is 8. The Morgan fingerprint density at radius 1 is 0.902 bits per heavy atom. The summed E-state index contributed by atoms with van der Waals surface area (Å²) in [5.74, 6) is -0.849. The van der Waals surface area contributed by atoms with Crippen LogP contribution in [0.5, 0.6) is 0 Å². The number of urea groups is 2. The first kappa shape index (κ1) is 44.7. The van der Waals surface area contributed by atoms with Crippen LogP contribution in [-0.4, -0.2) is 116 Å². The van der Waals surface area contributed by atoms with E-state index in [2.05, 4.69) is 26.0 Å². The summed E-state index contributed by atoms with van der Waals surface area (Å²) < 4.78 is 0. The number of hydrazine groups is 1. The Bertz CT molecular complexity index is 2100. The lowest BCUT2D eigenvalue weighted by Crippen LogP contribution is -2.62. The van der Waals surface area contributed by atoms with Gasteiger partial charge in [-0.1, -0.05) is 108 Å². The molecule has 4 heterocycles. The largest absolute Gasteiger partial charge is 0.390 e. The zero-order valence-corrected chi connectivity index (χ0v) is 36.3. The van der Waals surface area contributed by atoms with E-state index in [0.717, 1.165) is 33.8 Å². The van der Waals surface area contributed by atoms with E-state index in [1.165, 1.54) is 5.01 Å². The van der Waals surface area contributed by atoms with Crippen molar-refractivity contribution >= 4 is 23.9 Å². The number of carbonyl (C=O) groups is 4. The molecule has 2 aromatic carbocycles. The SMILES string of the molecule is CCC(C)C(C(=O)NCC(O)C(Cc1ccccc1)NN(Cc1ccc(-c2ccccn2)cc1)C(=O)C(N1CCNC1=O)C(C)(C)C)N1CCN(Cc2cccc(C)n2)C1=O. The molecule has 0 aliphatic carbocycles. The van der Waals surface area contributed by atoms with Crippen LogP contribution in [0.3, 0.4) is 0 Å². The van der Waals surface area contributed by atoms with Crippen LogP contribution in [0.15, 0.2) is 97.2 Å². The van der Waals surface area contributed by atoms with Gasteiger partial charge < -0.3 is 30.4 Å². The highest BCUT2D eigenvalue weighted by Crippen LogP contribution is 2.29. The van der Waals surface area contributed by atoms with Crippen molar-refractivity contribution < 1.29 is 24.3 Å². The number of amides is 6. The van der Waals surface area contributed by atoms with Gasteiger partial charge in [0.15, 0.2) is 0 Å². The molecule has 0 radical (unpaired) electrons. The second kappa shape index (κ2) is 20.1. The number of nitrogens with one attached hydrogen (secondary N) is 3. The maximum atomic E-state index is 15.0. The number of hydrogen-bond donors (Lipinski definition) is 4. The van der Waals surface area contributed by atoms with Gasteiger partial charge in [-0.2, -0.15) is 0 Å². The third kappa shape index (κ3) is 11.3. The Balaban J connectivity index is 1.25. The average molecular weight is 832 g/mol. The highest BCUT2D eigenvalue weighted by atomic mass is 16.3. The summed E-state index contributed by atoms with van der Waals surface area (Å²) in [7, 11) is 0. The van der Waals surface area contributed by atoms with Crippen LogP contribution in [0.2, 0.25) is 0 Å². The monoisotopic (exact) mass is 831 g/mol. The summed E-state index contributed by atoms with van der Waals surface area (Å²) in [5, 5.41) is 19.4. The topological polar surface area (TPSA) is 163 Å². The summed E-state index contributed by atoms with van der Waals surface area (Å²) in [6, 6.07) is 26.0. The average Bonchev–Trinajstić information content (AvgIpc) is 3.83. The first-order valence-electron chi connectivity index (χ1n) is 21.3. The van der Waals surface area contributed by atoms with Gasteiger partial charge in [-0.3, -0.25) is 24.6 Å². The van der Waals surface area contributed by atoms with Gasteiger partial charge in [-0.05, 0) is 60.1 Å². The number of aromatic nitrogens is 2. The van der Waals surface area contributed by atoms with Crippen LogP contribution >= 0.6 is 0 Å². The van der Waals surface area contributed by atoms with E-state index in [1.54, 1.807) is 20.9 Å². The molecule has 2 saturated heterocycles. The fourth-order valence-corrected chi connectivity index (χ4v) is 8.14. The highest BCUT2D eigenvalue weighted by molar-refractivity contribution is 5.89. The Morgan fingerprint density at radius 2 is 1.64 bits per heavy atom. The van der Waals surface area contributed by atoms with Crippen LogP contribution in [-0.2, 0) is 29.1 Å². The molecule has 0 bridgehead atoms. The van der Waals surface area contributed by atoms with Crippen molar-refractivity contribution in [3.8, 4) is 11.3 Å². The first-order chi connectivity index (χ1) is 29.2. The van der Waals surface area contributed by atoms with E-state index in [-0.39, 0.29) is 42.9 Å². The van der Waals surface area contributed by atoms with Crippen LogP contribution in [0.1, 0.15) is 63.6 Å². The zero-order chi connectivity index (χ0) is 43.7. The normalized spacial score (nSPS) is 16.8. The van der Waals surface area contributed by atoms with E-state index in [4.69, 9.17) is 0 Å². The fraction of sp³-hybridized carbons (Fsp3) is 0.447.